The highest BCUT2D eigenvalue weighted by Crippen LogP contribution is 2.30. The summed E-state index contributed by atoms with van der Waals surface area (Å²) in [5, 5.41) is 0.767. The van der Waals surface area contributed by atoms with E-state index in [0.717, 1.165) is 42.6 Å². The van der Waals surface area contributed by atoms with Crippen LogP contribution in [0, 0.1) is 0 Å². The van der Waals surface area contributed by atoms with E-state index in [9.17, 15) is 0 Å². The van der Waals surface area contributed by atoms with Crippen molar-refractivity contribution in [1.82, 2.24) is 0 Å². The Hall–Kier alpha value is -0.770. The predicted octanol–water partition coefficient (Wildman–Crippen LogP) is 2.37. The first-order valence-electron chi connectivity index (χ1n) is 5.90. The topological polar surface area (TPSA) is 38.5 Å². The minimum atomic E-state index is -0.354. The van der Waals surface area contributed by atoms with Gasteiger partial charge in [0, 0.05) is 18.6 Å². The van der Waals surface area contributed by atoms with Gasteiger partial charge in [0.15, 0.2) is 0 Å². The molecule has 1 aliphatic rings. The van der Waals surface area contributed by atoms with E-state index in [1.54, 1.807) is 0 Å². The number of halogens is 1. The van der Waals surface area contributed by atoms with Gasteiger partial charge in [-0.15, -0.1) is 0 Å². The summed E-state index contributed by atoms with van der Waals surface area (Å²) in [4.78, 5) is 2.25. The number of nitrogens with two attached hydrogens (primary N) is 1. The normalized spacial score (nSPS) is 17.3. The van der Waals surface area contributed by atoms with Crippen molar-refractivity contribution in [2.45, 2.75) is 19.4 Å². The van der Waals surface area contributed by atoms with Gasteiger partial charge in [-0.05, 0) is 31.5 Å². The number of morpholine rings is 1. The summed E-state index contributed by atoms with van der Waals surface area (Å²) >= 11 is 6.33. The molecule has 0 atom stereocenters. The Morgan fingerprint density at radius 3 is 2.47 bits per heavy atom. The van der Waals surface area contributed by atoms with Gasteiger partial charge in [-0.25, -0.2) is 0 Å². The highest BCUT2D eigenvalue weighted by atomic mass is 35.5. The monoisotopic (exact) mass is 254 g/mol. The van der Waals surface area contributed by atoms with E-state index in [1.807, 2.05) is 19.9 Å². The van der Waals surface area contributed by atoms with Gasteiger partial charge in [0.1, 0.15) is 0 Å². The second kappa shape index (κ2) is 4.84. The summed E-state index contributed by atoms with van der Waals surface area (Å²) in [6.45, 7) is 7.28. The molecule has 3 nitrogen and oxygen atoms in total. The van der Waals surface area contributed by atoms with Crippen molar-refractivity contribution in [2.75, 3.05) is 31.2 Å². The van der Waals surface area contributed by atoms with Crippen molar-refractivity contribution < 1.29 is 4.74 Å². The van der Waals surface area contributed by atoms with E-state index in [1.165, 1.54) is 0 Å². The zero-order valence-electron chi connectivity index (χ0n) is 10.4. The molecule has 0 saturated carbocycles. The van der Waals surface area contributed by atoms with Crippen LogP contribution in [-0.2, 0) is 10.3 Å². The molecular formula is C13H19ClN2O. The summed E-state index contributed by atoms with van der Waals surface area (Å²) in [6, 6.07) is 6.07. The number of benzene rings is 1. The van der Waals surface area contributed by atoms with Crippen LogP contribution in [0.2, 0.25) is 5.02 Å². The van der Waals surface area contributed by atoms with Gasteiger partial charge >= 0.3 is 0 Å². The minimum absolute atomic E-state index is 0.354. The van der Waals surface area contributed by atoms with Crippen LogP contribution >= 0.6 is 11.6 Å². The van der Waals surface area contributed by atoms with Crippen LogP contribution in [0.15, 0.2) is 18.2 Å². The molecule has 1 aromatic rings. The highest BCUT2D eigenvalue weighted by molar-refractivity contribution is 6.33. The highest BCUT2D eigenvalue weighted by Gasteiger charge is 2.18. The molecule has 1 aromatic carbocycles. The van der Waals surface area contributed by atoms with Crippen LogP contribution in [0.4, 0.5) is 5.69 Å². The number of hydrogen-bond acceptors (Lipinski definition) is 3. The molecule has 2 N–H and O–H groups in total. The Bertz CT molecular complexity index is 395. The quantitative estimate of drug-likeness (QED) is 0.881. The molecule has 0 unspecified atom stereocenters. The molecule has 1 heterocycles. The van der Waals surface area contributed by atoms with E-state index in [4.69, 9.17) is 22.1 Å². The zero-order valence-corrected chi connectivity index (χ0v) is 11.1. The zero-order chi connectivity index (χ0) is 12.5. The molecule has 0 aromatic heterocycles. The van der Waals surface area contributed by atoms with Crippen LogP contribution in [-0.4, -0.2) is 26.3 Å². The van der Waals surface area contributed by atoms with Crippen LogP contribution in [0.1, 0.15) is 19.4 Å². The van der Waals surface area contributed by atoms with Gasteiger partial charge in [0.2, 0.25) is 0 Å². The van der Waals surface area contributed by atoms with E-state index in [-0.39, 0.29) is 5.54 Å². The van der Waals surface area contributed by atoms with Crippen molar-refractivity contribution in [3.05, 3.63) is 28.8 Å². The number of rotatable bonds is 2. The lowest BCUT2D eigenvalue weighted by Gasteiger charge is -2.30. The van der Waals surface area contributed by atoms with Crippen molar-refractivity contribution in [3.63, 3.8) is 0 Å². The summed E-state index contributed by atoms with van der Waals surface area (Å²) in [5.74, 6) is 0. The molecule has 17 heavy (non-hydrogen) atoms. The molecule has 1 saturated heterocycles. The Morgan fingerprint density at radius 2 is 1.94 bits per heavy atom. The Labute approximate surface area is 107 Å². The lowest BCUT2D eigenvalue weighted by atomic mass is 9.95. The molecule has 1 fully saturated rings. The third-order valence-electron chi connectivity index (χ3n) is 3.04. The second-order valence-electron chi connectivity index (χ2n) is 4.99. The summed E-state index contributed by atoms with van der Waals surface area (Å²) < 4.78 is 5.33. The third-order valence-corrected chi connectivity index (χ3v) is 3.35. The fourth-order valence-electron chi connectivity index (χ4n) is 1.97. The fourth-order valence-corrected chi connectivity index (χ4v) is 2.27. The number of hydrogen-bond donors (Lipinski definition) is 1. The molecule has 0 amide bonds. The van der Waals surface area contributed by atoms with Crippen LogP contribution < -0.4 is 10.6 Å². The first-order valence-corrected chi connectivity index (χ1v) is 6.28. The van der Waals surface area contributed by atoms with E-state index in [0.29, 0.717) is 0 Å². The van der Waals surface area contributed by atoms with Gasteiger partial charge in [-0.3, -0.25) is 0 Å². The molecule has 1 aliphatic heterocycles. The molecular weight excluding hydrogens is 236 g/mol. The van der Waals surface area contributed by atoms with Gasteiger partial charge in [-0.1, -0.05) is 17.7 Å². The molecule has 0 bridgehead atoms. The van der Waals surface area contributed by atoms with Crippen molar-refractivity contribution in [2.24, 2.45) is 5.73 Å². The maximum absolute atomic E-state index is 6.33. The van der Waals surface area contributed by atoms with Gasteiger partial charge in [0.05, 0.1) is 23.9 Å². The third kappa shape index (κ3) is 2.92. The molecule has 0 radical (unpaired) electrons. The molecule has 0 aliphatic carbocycles. The van der Waals surface area contributed by atoms with E-state index >= 15 is 0 Å². The first-order chi connectivity index (χ1) is 7.98. The SMILES string of the molecule is CC(C)(N)c1ccc(N2CCOCC2)c(Cl)c1. The number of anilines is 1. The molecule has 0 spiro atoms. The predicted molar refractivity (Wildman–Crippen MR) is 71.7 cm³/mol. The standard InChI is InChI=1S/C13H19ClN2O/c1-13(2,15)10-3-4-12(11(14)9-10)16-5-7-17-8-6-16/h3-4,9H,5-8,15H2,1-2H3. The largest absolute Gasteiger partial charge is 0.378 e. The fraction of sp³-hybridized carbons (Fsp3) is 0.538. The first kappa shape index (κ1) is 12.7. The average Bonchev–Trinajstić information content (AvgIpc) is 2.29. The molecule has 94 valence electrons. The molecule has 4 heteroatoms. The van der Waals surface area contributed by atoms with Crippen LogP contribution in [0.5, 0.6) is 0 Å². The maximum Gasteiger partial charge on any atom is 0.0643 e. The number of ether oxygens (including phenoxy) is 1. The Balaban J connectivity index is 2.25. The Kier molecular flexibility index (Phi) is 3.61. The second-order valence-corrected chi connectivity index (χ2v) is 5.39. The summed E-state index contributed by atoms with van der Waals surface area (Å²) in [6.07, 6.45) is 0. The lowest BCUT2D eigenvalue weighted by molar-refractivity contribution is 0.122. The molecule has 2 rings (SSSR count). The van der Waals surface area contributed by atoms with Crippen molar-refractivity contribution >= 4 is 17.3 Å². The summed E-state index contributed by atoms with van der Waals surface area (Å²) in [5.41, 5.74) is 7.84. The van der Waals surface area contributed by atoms with Crippen molar-refractivity contribution in [3.8, 4) is 0 Å². The summed E-state index contributed by atoms with van der Waals surface area (Å²) in [7, 11) is 0. The van der Waals surface area contributed by atoms with Crippen LogP contribution in [0.3, 0.4) is 0 Å². The van der Waals surface area contributed by atoms with Crippen molar-refractivity contribution in [1.29, 1.82) is 0 Å². The van der Waals surface area contributed by atoms with Gasteiger partial charge < -0.3 is 15.4 Å². The van der Waals surface area contributed by atoms with E-state index < -0.39 is 0 Å². The average molecular weight is 255 g/mol. The lowest BCUT2D eigenvalue weighted by Crippen LogP contribution is -2.36. The minimum Gasteiger partial charge on any atom is -0.378 e. The van der Waals surface area contributed by atoms with Gasteiger partial charge in [0.25, 0.3) is 0 Å². The maximum atomic E-state index is 6.33. The smallest absolute Gasteiger partial charge is 0.0643 e. The Morgan fingerprint density at radius 1 is 1.29 bits per heavy atom. The van der Waals surface area contributed by atoms with Crippen LogP contribution in [0.25, 0.3) is 0 Å². The van der Waals surface area contributed by atoms with E-state index in [2.05, 4.69) is 17.0 Å². The number of nitrogens with zero attached hydrogens (tertiary/aromatic N) is 1. The van der Waals surface area contributed by atoms with Gasteiger partial charge in [-0.2, -0.15) is 0 Å².